The fraction of sp³-hybridized carbons (Fsp3) is 1.00. The summed E-state index contributed by atoms with van der Waals surface area (Å²) in [6.07, 6.45) is -0.742. The van der Waals surface area contributed by atoms with Gasteiger partial charge in [-0.3, -0.25) is 0 Å². The molecule has 0 aromatic rings. The van der Waals surface area contributed by atoms with Crippen LogP contribution in [0.2, 0.25) is 0 Å². The van der Waals surface area contributed by atoms with Gasteiger partial charge >= 0.3 is 0 Å². The number of methoxy groups -OCH3 is 2. The summed E-state index contributed by atoms with van der Waals surface area (Å²) >= 11 is 0. The van der Waals surface area contributed by atoms with Crippen LogP contribution in [0, 0.1) is 5.92 Å². The Morgan fingerprint density at radius 2 is 1.33 bits per heavy atom. The van der Waals surface area contributed by atoms with Crippen molar-refractivity contribution in [2.24, 2.45) is 5.92 Å². The molecule has 1 rings (SSSR count). The van der Waals surface area contributed by atoms with Gasteiger partial charge in [0.25, 0.3) is 0 Å². The molecule has 0 aromatic heterocycles. The lowest BCUT2D eigenvalue weighted by Crippen LogP contribution is -2.45. The number of ether oxygens (including phenoxy) is 4. The first kappa shape index (κ1) is 9.92. The van der Waals surface area contributed by atoms with Crippen LogP contribution in [0.4, 0.5) is 0 Å². The molecule has 0 bridgehead atoms. The molecular formula is C8H16O4. The minimum Gasteiger partial charge on any atom is -0.355 e. The topological polar surface area (TPSA) is 36.9 Å². The Bertz CT molecular complexity index is 125. The second-order valence-corrected chi connectivity index (χ2v) is 2.91. The van der Waals surface area contributed by atoms with Gasteiger partial charge in [-0.2, -0.15) is 0 Å². The Kier molecular flexibility index (Phi) is 3.46. The summed E-state index contributed by atoms with van der Waals surface area (Å²) in [5.74, 6) is 0.0937. The van der Waals surface area contributed by atoms with Crippen LogP contribution in [0.15, 0.2) is 0 Å². The SMILES string of the molecule is COC1OC(C)OC(OC)C1C. The third-order valence-electron chi connectivity index (χ3n) is 1.97. The zero-order valence-electron chi connectivity index (χ0n) is 7.94. The van der Waals surface area contributed by atoms with Crippen molar-refractivity contribution >= 4 is 0 Å². The van der Waals surface area contributed by atoms with Gasteiger partial charge in [0.2, 0.25) is 0 Å². The summed E-state index contributed by atoms with van der Waals surface area (Å²) in [5.41, 5.74) is 0. The Balaban J connectivity index is 2.55. The maximum Gasteiger partial charge on any atom is 0.167 e. The molecule has 2 atom stereocenters. The smallest absolute Gasteiger partial charge is 0.167 e. The average molecular weight is 176 g/mol. The molecule has 2 unspecified atom stereocenters. The van der Waals surface area contributed by atoms with Crippen LogP contribution in [0.5, 0.6) is 0 Å². The third-order valence-corrected chi connectivity index (χ3v) is 1.97. The third kappa shape index (κ3) is 1.95. The van der Waals surface area contributed by atoms with Crippen molar-refractivity contribution < 1.29 is 18.9 Å². The van der Waals surface area contributed by atoms with Crippen LogP contribution in [0.3, 0.4) is 0 Å². The van der Waals surface area contributed by atoms with E-state index in [1.54, 1.807) is 14.2 Å². The van der Waals surface area contributed by atoms with E-state index in [4.69, 9.17) is 18.9 Å². The predicted molar refractivity (Wildman–Crippen MR) is 42.4 cm³/mol. The Labute approximate surface area is 72.7 Å². The van der Waals surface area contributed by atoms with Gasteiger partial charge in [0, 0.05) is 14.2 Å². The lowest BCUT2D eigenvalue weighted by Gasteiger charge is -2.37. The quantitative estimate of drug-likeness (QED) is 0.628. The van der Waals surface area contributed by atoms with Gasteiger partial charge in [-0.1, -0.05) is 6.92 Å². The fourth-order valence-corrected chi connectivity index (χ4v) is 1.33. The van der Waals surface area contributed by atoms with E-state index >= 15 is 0 Å². The molecule has 0 spiro atoms. The molecule has 0 N–H and O–H groups in total. The highest BCUT2D eigenvalue weighted by molar-refractivity contribution is 4.66. The van der Waals surface area contributed by atoms with Gasteiger partial charge in [-0.05, 0) is 6.92 Å². The van der Waals surface area contributed by atoms with Crippen molar-refractivity contribution in [3.8, 4) is 0 Å². The van der Waals surface area contributed by atoms with Gasteiger partial charge in [0.05, 0.1) is 5.92 Å². The van der Waals surface area contributed by atoms with E-state index in [0.29, 0.717) is 0 Å². The summed E-state index contributed by atoms with van der Waals surface area (Å²) in [5, 5.41) is 0. The minimum absolute atomic E-state index is 0.0937. The van der Waals surface area contributed by atoms with Gasteiger partial charge in [-0.15, -0.1) is 0 Å². The maximum atomic E-state index is 5.36. The molecule has 1 aliphatic heterocycles. The van der Waals surface area contributed by atoms with Crippen LogP contribution in [0.1, 0.15) is 13.8 Å². The van der Waals surface area contributed by atoms with E-state index in [9.17, 15) is 0 Å². The lowest BCUT2D eigenvalue weighted by atomic mass is 10.1. The zero-order valence-corrected chi connectivity index (χ0v) is 7.94. The van der Waals surface area contributed by atoms with Crippen molar-refractivity contribution in [3.05, 3.63) is 0 Å². The van der Waals surface area contributed by atoms with E-state index < -0.39 is 0 Å². The molecule has 4 heteroatoms. The molecule has 72 valence electrons. The van der Waals surface area contributed by atoms with Crippen LogP contribution in [-0.4, -0.2) is 33.1 Å². The number of hydrogen-bond acceptors (Lipinski definition) is 4. The first-order valence-electron chi connectivity index (χ1n) is 4.05. The Morgan fingerprint density at radius 3 is 1.67 bits per heavy atom. The molecule has 1 fully saturated rings. The maximum absolute atomic E-state index is 5.36. The average Bonchev–Trinajstić information content (AvgIpc) is 2.08. The molecule has 0 radical (unpaired) electrons. The standard InChI is InChI=1S/C8H16O4/c1-5-7(9-3)11-6(2)12-8(5)10-4/h5-8H,1-4H3. The van der Waals surface area contributed by atoms with Crippen molar-refractivity contribution in [2.75, 3.05) is 14.2 Å². The Hall–Kier alpha value is -0.160. The molecule has 1 saturated heterocycles. The summed E-state index contributed by atoms with van der Waals surface area (Å²) < 4.78 is 21.0. The summed E-state index contributed by atoms with van der Waals surface area (Å²) in [7, 11) is 3.23. The van der Waals surface area contributed by atoms with Crippen LogP contribution >= 0.6 is 0 Å². The van der Waals surface area contributed by atoms with Crippen molar-refractivity contribution in [1.29, 1.82) is 0 Å². The Morgan fingerprint density at radius 1 is 0.917 bits per heavy atom. The molecule has 0 aromatic carbocycles. The molecule has 1 aliphatic rings. The number of rotatable bonds is 2. The van der Waals surface area contributed by atoms with E-state index in [0.717, 1.165) is 0 Å². The first-order chi connectivity index (χ1) is 5.69. The largest absolute Gasteiger partial charge is 0.355 e. The van der Waals surface area contributed by atoms with E-state index in [2.05, 4.69) is 0 Å². The van der Waals surface area contributed by atoms with Gasteiger partial charge in [0.1, 0.15) is 0 Å². The van der Waals surface area contributed by atoms with Gasteiger partial charge in [-0.25, -0.2) is 0 Å². The van der Waals surface area contributed by atoms with Crippen molar-refractivity contribution in [3.63, 3.8) is 0 Å². The van der Waals surface area contributed by atoms with Crippen molar-refractivity contribution in [1.82, 2.24) is 0 Å². The summed E-state index contributed by atoms with van der Waals surface area (Å²) in [6, 6.07) is 0. The lowest BCUT2D eigenvalue weighted by molar-refractivity contribution is -0.362. The second-order valence-electron chi connectivity index (χ2n) is 2.91. The van der Waals surface area contributed by atoms with E-state index in [-0.39, 0.29) is 24.8 Å². The number of hydrogen-bond donors (Lipinski definition) is 0. The van der Waals surface area contributed by atoms with Crippen molar-refractivity contribution in [2.45, 2.75) is 32.7 Å². The molecule has 0 aliphatic carbocycles. The van der Waals surface area contributed by atoms with Crippen LogP contribution in [-0.2, 0) is 18.9 Å². The van der Waals surface area contributed by atoms with E-state index in [1.807, 2.05) is 13.8 Å². The molecule has 0 amide bonds. The normalized spacial score (nSPS) is 43.0. The highest BCUT2D eigenvalue weighted by atomic mass is 16.8. The molecule has 0 saturated carbocycles. The summed E-state index contributed by atoms with van der Waals surface area (Å²) in [4.78, 5) is 0. The predicted octanol–water partition coefficient (Wildman–Crippen LogP) is 0.960. The summed E-state index contributed by atoms with van der Waals surface area (Å²) in [6.45, 7) is 3.79. The molecule has 4 nitrogen and oxygen atoms in total. The van der Waals surface area contributed by atoms with Gasteiger partial charge < -0.3 is 18.9 Å². The molecular weight excluding hydrogens is 160 g/mol. The second kappa shape index (κ2) is 4.18. The zero-order chi connectivity index (χ0) is 9.14. The van der Waals surface area contributed by atoms with Gasteiger partial charge in [0.15, 0.2) is 18.9 Å². The monoisotopic (exact) mass is 176 g/mol. The molecule has 12 heavy (non-hydrogen) atoms. The van der Waals surface area contributed by atoms with Crippen LogP contribution in [0.25, 0.3) is 0 Å². The van der Waals surface area contributed by atoms with E-state index in [1.165, 1.54) is 0 Å². The highest BCUT2D eigenvalue weighted by Gasteiger charge is 2.35. The molecule has 1 heterocycles. The van der Waals surface area contributed by atoms with Crippen LogP contribution < -0.4 is 0 Å². The highest BCUT2D eigenvalue weighted by Crippen LogP contribution is 2.24. The fourth-order valence-electron chi connectivity index (χ4n) is 1.33. The first-order valence-corrected chi connectivity index (χ1v) is 4.05. The minimum atomic E-state index is -0.268.